The average Bonchev–Trinajstić information content (AvgIpc) is 3.37. The molecule has 0 radical (unpaired) electrons. The standard InChI is InChI=1S/C21H23ClFN5O9P2/c1-10(11-4-2-3-5-13(11)23)26-15-12(6-24)19(22)27-20-16(15)25-8-28(20)21-18(30)17(29)14(37-21)7-36-39(34,35)9-38(31,32)33/h2-5,8,10,14,17-18,21,29-30H,7,9H2,1H3,(H,26,27)(H,34,35)(H2,31,32,33)/t10?,14-,17-,18-,21-/m1/s1. The normalized spacial score (nSPS) is 23.9. The van der Waals surface area contributed by atoms with E-state index in [-0.39, 0.29) is 27.6 Å². The van der Waals surface area contributed by atoms with E-state index in [4.69, 9.17) is 30.6 Å². The molecule has 0 aliphatic carbocycles. The molecule has 6 N–H and O–H groups in total. The Kier molecular flexibility index (Phi) is 8.47. The number of nitrogens with one attached hydrogen (secondary N) is 1. The van der Waals surface area contributed by atoms with Crippen LogP contribution in [0.3, 0.4) is 0 Å². The lowest BCUT2D eigenvalue weighted by Crippen LogP contribution is -2.33. The predicted molar refractivity (Wildman–Crippen MR) is 134 cm³/mol. The second-order valence-corrected chi connectivity index (χ2v) is 13.1. The summed E-state index contributed by atoms with van der Waals surface area (Å²) in [6.07, 6.45) is -4.81. The Bertz CT molecular complexity index is 1530. The fourth-order valence-corrected chi connectivity index (χ4v) is 6.91. The number of imidazole rings is 1. The third-order valence-corrected chi connectivity index (χ3v) is 9.65. The van der Waals surface area contributed by atoms with E-state index >= 15 is 0 Å². The minimum absolute atomic E-state index is 0.0226. The number of fused-ring (bicyclic) bond motifs is 1. The van der Waals surface area contributed by atoms with Gasteiger partial charge in [-0.2, -0.15) is 5.26 Å². The van der Waals surface area contributed by atoms with Crippen molar-refractivity contribution in [1.29, 1.82) is 5.26 Å². The molecule has 3 aromatic rings. The average molecular weight is 606 g/mol. The molecule has 1 aromatic carbocycles. The number of benzene rings is 1. The van der Waals surface area contributed by atoms with Crippen molar-refractivity contribution < 1.29 is 47.7 Å². The molecule has 2 unspecified atom stereocenters. The lowest BCUT2D eigenvalue weighted by Gasteiger charge is -2.19. The zero-order chi connectivity index (χ0) is 28.7. The summed E-state index contributed by atoms with van der Waals surface area (Å²) in [6, 6.07) is 7.33. The molecule has 1 aliphatic heterocycles. The van der Waals surface area contributed by atoms with Gasteiger partial charge in [-0.25, -0.2) is 14.4 Å². The van der Waals surface area contributed by atoms with E-state index in [9.17, 15) is 33.9 Å². The third kappa shape index (κ3) is 6.32. The summed E-state index contributed by atoms with van der Waals surface area (Å²) in [5.41, 5.74) is 0.511. The van der Waals surface area contributed by atoms with Gasteiger partial charge in [-0.15, -0.1) is 0 Å². The van der Waals surface area contributed by atoms with Crippen LogP contribution in [0, 0.1) is 17.1 Å². The van der Waals surface area contributed by atoms with E-state index in [0.29, 0.717) is 5.56 Å². The van der Waals surface area contributed by atoms with Crippen LogP contribution in [0.5, 0.6) is 0 Å². The summed E-state index contributed by atoms with van der Waals surface area (Å²) < 4.78 is 48.9. The molecule has 1 saturated heterocycles. The summed E-state index contributed by atoms with van der Waals surface area (Å²) in [7, 11) is -9.62. The maximum Gasteiger partial charge on any atom is 0.340 e. The van der Waals surface area contributed by atoms with Gasteiger partial charge < -0.3 is 39.5 Å². The maximum absolute atomic E-state index is 14.3. The molecule has 0 bridgehead atoms. The van der Waals surface area contributed by atoms with Crippen molar-refractivity contribution in [1.82, 2.24) is 14.5 Å². The van der Waals surface area contributed by atoms with Crippen molar-refractivity contribution in [2.24, 2.45) is 0 Å². The number of hydrogen-bond donors (Lipinski definition) is 6. The topological polar surface area (TPSA) is 220 Å². The van der Waals surface area contributed by atoms with E-state index in [1.165, 1.54) is 23.0 Å². The van der Waals surface area contributed by atoms with Crippen molar-refractivity contribution in [3.63, 3.8) is 0 Å². The van der Waals surface area contributed by atoms with Crippen LogP contribution in [0.1, 0.15) is 30.3 Å². The second-order valence-electron chi connectivity index (χ2n) is 8.76. The van der Waals surface area contributed by atoms with Crippen LogP contribution in [0.2, 0.25) is 5.15 Å². The molecule has 6 atom stereocenters. The van der Waals surface area contributed by atoms with Gasteiger partial charge in [-0.05, 0) is 13.0 Å². The molecule has 4 rings (SSSR count). The highest BCUT2D eigenvalue weighted by Crippen LogP contribution is 2.55. The fraction of sp³-hybridized carbons (Fsp3) is 0.381. The number of aliphatic hydroxyl groups is 2. The lowest BCUT2D eigenvalue weighted by atomic mass is 10.1. The van der Waals surface area contributed by atoms with Gasteiger partial charge in [0.05, 0.1) is 24.7 Å². The van der Waals surface area contributed by atoms with Crippen LogP contribution in [0.15, 0.2) is 30.6 Å². The van der Waals surface area contributed by atoms with Crippen molar-refractivity contribution in [2.45, 2.75) is 37.5 Å². The van der Waals surface area contributed by atoms with E-state index in [1.807, 2.05) is 6.07 Å². The van der Waals surface area contributed by atoms with Gasteiger partial charge in [-0.1, -0.05) is 29.8 Å². The Hall–Kier alpha value is -2.47. The first kappa shape index (κ1) is 29.5. The molecular weight excluding hydrogens is 583 g/mol. The van der Waals surface area contributed by atoms with E-state index < -0.39 is 64.1 Å². The molecule has 39 heavy (non-hydrogen) atoms. The summed E-state index contributed by atoms with van der Waals surface area (Å²) >= 11 is 6.27. The molecule has 0 saturated carbocycles. The molecule has 2 aromatic heterocycles. The number of hydrogen-bond acceptors (Lipinski definition) is 10. The summed E-state index contributed by atoms with van der Waals surface area (Å²) in [5, 5.41) is 33.6. The monoisotopic (exact) mass is 605 g/mol. The van der Waals surface area contributed by atoms with Crippen molar-refractivity contribution >= 4 is 43.6 Å². The summed E-state index contributed by atoms with van der Waals surface area (Å²) in [4.78, 5) is 36.0. The highest BCUT2D eigenvalue weighted by molar-refractivity contribution is 7.70. The van der Waals surface area contributed by atoms with Crippen LogP contribution in [-0.2, 0) is 18.4 Å². The van der Waals surface area contributed by atoms with E-state index in [2.05, 4.69) is 15.3 Å². The van der Waals surface area contributed by atoms with Crippen LogP contribution in [0.4, 0.5) is 10.1 Å². The summed E-state index contributed by atoms with van der Waals surface area (Å²) in [5.74, 6) is -1.91. The molecule has 1 fully saturated rings. The first-order valence-electron chi connectivity index (χ1n) is 11.2. The number of nitriles is 1. The zero-order valence-electron chi connectivity index (χ0n) is 20.0. The second kappa shape index (κ2) is 11.2. The zero-order valence-corrected chi connectivity index (χ0v) is 22.5. The quantitative estimate of drug-likeness (QED) is 0.152. The minimum Gasteiger partial charge on any atom is -0.387 e. The SMILES string of the molecule is CC(Nc1c(C#N)c(Cl)nc2c1ncn2[C@@H]1O[C@H](COP(=O)(O)CP(=O)(O)O)[C@@H](O)[C@H]1O)c1ccccc1F. The van der Waals surface area contributed by atoms with Crippen molar-refractivity contribution in [2.75, 3.05) is 17.8 Å². The van der Waals surface area contributed by atoms with Crippen LogP contribution in [-0.4, -0.2) is 70.3 Å². The largest absolute Gasteiger partial charge is 0.387 e. The van der Waals surface area contributed by atoms with Crippen molar-refractivity contribution in [3.05, 3.63) is 52.7 Å². The van der Waals surface area contributed by atoms with Gasteiger partial charge in [0.1, 0.15) is 41.3 Å². The van der Waals surface area contributed by atoms with Gasteiger partial charge in [-0.3, -0.25) is 13.7 Å². The Morgan fingerprint density at radius 2 is 1.97 bits per heavy atom. The van der Waals surface area contributed by atoms with Crippen molar-refractivity contribution in [3.8, 4) is 6.07 Å². The smallest absolute Gasteiger partial charge is 0.340 e. The molecule has 14 nitrogen and oxygen atoms in total. The number of rotatable bonds is 9. The number of pyridine rings is 1. The predicted octanol–water partition coefficient (Wildman–Crippen LogP) is 2.22. The van der Waals surface area contributed by atoms with Gasteiger partial charge in [0.25, 0.3) is 0 Å². The third-order valence-electron chi connectivity index (χ3n) is 5.92. The number of anilines is 1. The molecule has 1 aliphatic rings. The first-order valence-corrected chi connectivity index (χ1v) is 15.2. The highest BCUT2D eigenvalue weighted by Gasteiger charge is 2.46. The number of halogens is 2. The number of aliphatic hydroxyl groups excluding tert-OH is 2. The molecule has 3 heterocycles. The van der Waals surface area contributed by atoms with Gasteiger partial charge in [0.15, 0.2) is 22.9 Å². The number of aromatic nitrogens is 3. The Balaban J connectivity index is 1.63. The summed E-state index contributed by atoms with van der Waals surface area (Å²) in [6.45, 7) is 0.878. The van der Waals surface area contributed by atoms with E-state index in [1.54, 1.807) is 19.1 Å². The molecular formula is C21H23ClFN5O9P2. The number of ether oxygens (including phenoxy) is 1. The maximum atomic E-state index is 14.3. The highest BCUT2D eigenvalue weighted by atomic mass is 35.5. The Labute approximate surface area is 225 Å². The minimum atomic E-state index is -4.88. The molecule has 18 heteroatoms. The van der Waals surface area contributed by atoms with E-state index in [0.717, 1.165) is 0 Å². The van der Waals surface area contributed by atoms with Gasteiger partial charge >= 0.3 is 15.2 Å². The number of nitrogens with zero attached hydrogens (tertiary/aromatic N) is 4. The molecule has 0 spiro atoms. The first-order chi connectivity index (χ1) is 18.2. The lowest BCUT2D eigenvalue weighted by molar-refractivity contribution is -0.0483. The Morgan fingerprint density at radius 3 is 2.62 bits per heavy atom. The van der Waals surface area contributed by atoms with Crippen LogP contribution >= 0.6 is 26.8 Å². The van der Waals surface area contributed by atoms with Crippen LogP contribution < -0.4 is 5.32 Å². The molecule has 210 valence electrons. The van der Waals surface area contributed by atoms with Gasteiger partial charge in [0, 0.05) is 5.56 Å². The van der Waals surface area contributed by atoms with Crippen LogP contribution in [0.25, 0.3) is 11.2 Å². The Morgan fingerprint density at radius 1 is 1.28 bits per heavy atom. The fourth-order valence-electron chi connectivity index (χ4n) is 4.12. The van der Waals surface area contributed by atoms with Gasteiger partial charge in [0.2, 0.25) is 0 Å². The molecule has 0 amide bonds.